The molecular formula is C11H21NO2. The van der Waals surface area contributed by atoms with E-state index in [9.17, 15) is 5.11 Å². The largest absolute Gasteiger partial charge is 0.389 e. The predicted molar refractivity (Wildman–Crippen MR) is 55.1 cm³/mol. The van der Waals surface area contributed by atoms with Crippen molar-refractivity contribution in [1.82, 2.24) is 5.32 Å². The molecule has 14 heavy (non-hydrogen) atoms. The number of piperidine rings is 1. The Labute approximate surface area is 85.8 Å². The van der Waals surface area contributed by atoms with Gasteiger partial charge in [0.05, 0.1) is 18.8 Å². The quantitative estimate of drug-likeness (QED) is 0.655. The number of rotatable bonds is 1. The van der Waals surface area contributed by atoms with Gasteiger partial charge in [0.15, 0.2) is 0 Å². The topological polar surface area (TPSA) is 41.5 Å². The molecule has 0 aliphatic carbocycles. The lowest BCUT2D eigenvalue weighted by molar-refractivity contribution is -0.132. The highest BCUT2D eigenvalue weighted by Crippen LogP contribution is 2.33. The molecule has 2 fully saturated rings. The molecular weight excluding hydrogens is 178 g/mol. The van der Waals surface area contributed by atoms with E-state index in [2.05, 4.69) is 26.1 Å². The lowest BCUT2D eigenvalue weighted by Crippen LogP contribution is -2.62. The van der Waals surface area contributed by atoms with Gasteiger partial charge in [0.25, 0.3) is 0 Å². The highest BCUT2D eigenvalue weighted by Gasteiger charge is 2.43. The fraction of sp³-hybridized carbons (Fsp3) is 1.00. The van der Waals surface area contributed by atoms with E-state index in [4.69, 9.17) is 4.74 Å². The Balaban J connectivity index is 2.10. The van der Waals surface area contributed by atoms with Gasteiger partial charge in [-0.05, 0) is 19.3 Å². The molecule has 0 amide bonds. The van der Waals surface area contributed by atoms with Crippen molar-refractivity contribution in [2.75, 3.05) is 6.61 Å². The molecule has 2 aliphatic heterocycles. The van der Waals surface area contributed by atoms with E-state index in [0.29, 0.717) is 30.6 Å². The molecule has 5 unspecified atom stereocenters. The molecule has 0 aromatic carbocycles. The molecule has 0 aromatic heterocycles. The van der Waals surface area contributed by atoms with Crippen LogP contribution in [-0.4, -0.2) is 36.0 Å². The Morgan fingerprint density at radius 2 is 2.14 bits per heavy atom. The van der Waals surface area contributed by atoms with Crippen molar-refractivity contribution in [3.05, 3.63) is 0 Å². The highest BCUT2D eigenvalue weighted by molar-refractivity contribution is 4.97. The van der Waals surface area contributed by atoms with Gasteiger partial charge in [-0.3, -0.25) is 0 Å². The Morgan fingerprint density at radius 3 is 2.79 bits per heavy atom. The van der Waals surface area contributed by atoms with Crippen molar-refractivity contribution in [1.29, 1.82) is 0 Å². The fourth-order valence-electron chi connectivity index (χ4n) is 3.04. The first-order valence-electron chi connectivity index (χ1n) is 5.65. The third-order valence-electron chi connectivity index (χ3n) is 3.69. The van der Waals surface area contributed by atoms with Crippen LogP contribution in [0.4, 0.5) is 0 Å². The van der Waals surface area contributed by atoms with Crippen LogP contribution in [0, 0.1) is 11.8 Å². The molecule has 0 radical (unpaired) electrons. The van der Waals surface area contributed by atoms with E-state index in [1.807, 2.05) is 0 Å². The van der Waals surface area contributed by atoms with Crippen LogP contribution in [0.5, 0.6) is 0 Å². The van der Waals surface area contributed by atoms with Gasteiger partial charge < -0.3 is 15.2 Å². The second kappa shape index (κ2) is 3.80. The summed E-state index contributed by atoms with van der Waals surface area (Å²) in [5, 5.41) is 13.2. The third-order valence-corrected chi connectivity index (χ3v) is 3.69. The van der Waals surface area contributed by atoms with Gasteiger partial charge >= 0.3 is 0 Å². The van der Waals surface area contributed by atoms with Gasteiger partial charge in [-0.1, -0.05) is 13.8 Å². The van der Waals surface area contributed by atoms with Crippen LogP contribution in [-0.2, 0) is 4.74 Å². The number of hydrogen-bond acceptors (Lipinski definition) is 3. The molecule has 5 atom stereocenters. The molecule has 2 N–H and O–H groups in total. The van der Waals surface area contributed by atoms with E-state index < -0.39 is 0 Å². The molecule has 2 saturated heterocycles. The molecule has 2 rings (SSSR count). The molecule has 0 spiro atoms. The zero-order valence-corrected chi connectivity index (χ0v) is 9.23. The van der Waals surface area contributed by atoms with Gasteiger partial charge in [-0.2, -0.15) is 0 Å². The minimum Gasteiger partial charge on any atom is -0.389 e. The van der Waals surface area contributed by atoms with E-state index in [1.165, 1.54) is 0 Å². The summed E-state index contributed by atoms with van der Waals surface area (Å²) in [7, 11) is 0. The van der Waals surface area contributed by atoms with E-state index in [1.54, 1.807) is 0 Å². The van der Waals surface area contributed by atoms with Crippen molar-refractivity contribution in [3.8, 4) is 0 Å². The molecule has 3 heteroatoms. The Kier molecular flexibility index (Phi) is 2.82. The van der Waals surface area contributed by atoms with Crippen molar-refractivity contribution < 1.29 is 9.84 Å². The van der Waals surface area contributed by atoms with Crippen molar-refractivity contribution in [3.63, 3.8) is 0 Å². The van der Waals surface area contributed by atoms with Gasteiger partial charge in [0, 0.05) is 18.0 Å². The monoisotopic (exact) mass is 199 g/mol. The number of nitrogens with one attached hydrogen (secondary N) is 1. The van der Waals surface area contributed by atoms with Crippen LogP contribution < -0.4 is 5.32 Å². The second-order valence-corrected chi connectivity index (χ2v) is 5.06. The first-order valence-corrected chi connectivity index (χ1v) is 5.65. The maximum atomic E-state index is 9.68. The molecule has 3 nitrogen and oxygen atoms in total. The van der Waals surface area contributed by atoms with Crippen LogP contribution in [0.25, 0.3) is 0 Å². The molecule has 0 aromatic rings. The fourth-order valence-corrected chi connectivity index (χ4v) is 3.04. The average molecular weight is 199 g/mol. The number of aliphatic hydroxyl groups excluding tert-OH is 1. The summed E-state index contributed by atoms with van der Waals surface area (Å²) in [6.07, 6.45) is 0.996. The summed E-state index contributed by atoms with van der Waals surface area (Å²) in [6, 6.07) is 0.701. The summed E-state index contributed by atoms with van der Waals surface area (Å²) in [5.74, 6) is 1.22. The summed E-state index contributed by atoms with van der Waals surface area (Å²) in [5.41, 5.74) is 0. The molecule has 82 valence electrons. The standard InChI is InChI=1S/C11H21NO2/c1-6(2)11-7(3)12-8-4-10(11)14-5-9(8)13/h6-13H,4-5H2,1-3H3. The Morgan fingerprint density at radius 1 is 1.43 bits per heavy atom. The highest BCUT2D eigenvalue weighted by atomic mass is 16.5. The number of ether oxygens (including phenoxy) is 1. The lowest BCUT2D eigenvalue weighted by atomic mass is 9.76. The zero-order valence-electron chi connectivity index (χ0n) is 9.23. The van der Waals surface area contributed by atoms with Gasteiger partial charge in [-0.25, -0.2) is 0 Å². The molecule has 0 saturated carbocycles. The average Bonchev–Trinajstić information content (AvgIpc) is 2.10. The number of hydrogen-bond donors (Lipinski definition) is 2. The molecule has 2 bridgehead atoms. The summed E-state index contributed by atoms with van der Waals surface area (Å²) < 4.78 is 5.72. The first-order chi connectivity index (χ1) is 6.59. The maximum absolute atomic E-state index is 9.68. The summed E-state index contributed by atoms with van der Waals surface area (Å²) in [4.78, 5) is 0. The van der Waals surface area contributed by atoms with Crippen LogP contribution in [0.3, 0.4) is 0 Å². The normalized spacial score (nSPS) is 48.2. The van der Waals surface area contributed by atoms with Crippen LogP contribution in [0.2, 0.25) is 0 Å². The minimum atomic E-state index is -0.318. The first kappa shape index (κ1) is 10.4. The number of aliphatic hydroxyl groups is 1. The van der Waals surface area contributed by atoms with Gasteiger partial charge in [0.2, 0.25) is 0 Å². The maximum Gasteiger partial charge on any atom is 0.0927 e. The SMILES string of the molecule is CC(C)C1C(C)NC2CC1OCC2O. The van der Waals surface area contributed by atoms with Crippen LogP contribution >= 0.6 is 0 Å². The van der Waals surface area contributed by atoms with Gasteiger partial charge in [0.1, 0.15) is 0 Å². The lowest BCUT2D eigenvalue weighted by Gasteiger charge is -2.48. The smallest absolute Gasteiger partial charge is 0.0927 e. The Bertz CT molecular complexity index is 205. The van der Waals surface area contributed by atoms with Crippen LogP contribution in [0.1, 0.15) is 27.2 Å². The van der Waals surface area contributed by atoms with E-state index in [-0.39, 0.29) is 12.1 Å². The molecule has 2 heterocycles. The van der Waals surface area contributed by atoms with Crippen LogP contribution in [0.15, 0.2) is 0 Å². The van der Waals surface area contributed by atoms with Crippen molar-refractivity contribution >= 4 is 0 Å². The summed E-state index contributed by atoms with van der Waals surface area (Å²) in [6.45, 7) is 7.19. The second-order valence-electron chi connectivity index (χ2n) is 5.06. The summed E-state index contributed by atoms with van der Waals surface area (Å²) >= 11 is 0. The van der Waals surface area contributed by atoms with Gasteiger partial charge in [-0.15, -0.1) is 0 Å². The van der Waals surface area contributed by atoms with E-state index >= 15 is 0 Å². The van der Waals surface area contributed by atoms with E-state index in [0.717, 1.165) is 6.42 Å². The number of fused-ring (bicyclic) bond motifs is 2. The zero-order chi connectivity index (χ0) is 10.3. The minimum absolute atomic E-state index is 0.249. The Hall–Kier alpha value is -0.120. The third kappa shape index (κ3) is 1.69. The van der Waals surface area contributed by atoms with Crippen molar-refractivity contribution in [2.24, 2.45) is 11.8 Å². The van der Waals surface area contributed by atoms with Crippen molar-refractivity contribution in [2.45, 2.75) is 51.5 Å². The molecule has 2 aliphatic rings. The predicted octanol–water partition coefficient (Wildman–Crippen LogP) is 0.769.